The number of hydrogen-bond donors (Lipinski definition) is 2. The molecule has 4 rings (SSSR count). The number of ether oxygens (including phenoxy) is 1. The molecule has 2 aliphatic rings. The third kappa shape index (κ3) is 3.27. The Kier molecular flexibility index (Phi) is 4.22. The van der Waals surface area contributed by atoms with Gasteiger partial charge in [-0.2, -0.15) is 0 Å². The highest BCUT2D eigenvalue weighted by Crippen LogP contribution is 2.40. The molecule has 1 heterocycles. The zero-order valence-electron chi connectivity index (χ0n) is 14.1. The number of rotatable bonds is 3. The van der Waals surface area contributed by atoms with Gasteiger partial charge >= 0.3 is 6.09 Å². The van der Waals surface area contributed by atoms with E-state index in [1.165, 1.54) is 12.1 Å². The van der Waals surface area contributed by atoms with E-state index in [-0.39, 0.29) is 6.04 Å². The molecule has 130 valence electrons. The average molecular weight is 337 g/mol. The molecule has 0 unspecified atom stereocenters. The number of nitrogen functional groups attached to an aromatic ring is 1. The van der Waals surface area contributed by atoms with Crippen LogP contribution in [-0.4, -0.2) is 24.7 Å². The number of benzene rings is 2. The predicted molar refractivity (Wildman–Crippen MR) is 98.7 cm³/mol. The number of amides is 1. The van der Waals surface area contributed by atoms with Gasteiger partial charge in [0.05, 0.1) is 12.1 Å². The molecule has 1 saturated carbocycles. The first kappa shape index (κ1) is 15.8. The third-order valence-corrected chi connectivity index (χ3v) is 5.33. The lowest BCUT2D eigenvalue weighted by molar-refractivity contribution is 0.194. The molecule has 2 aromatic carbocycles. The molecule has 0 spiro atoms. The molecular weight excluding hydrogens is 314 g/mol. The second-order valence-corrected chi connectivity index (χ2v) is 6.86. The van der Waals surface area contributed by atoms with Crippen LogP contribution in [0.15, 0.2) is 54.6 Å². The maximum Gasteiger partial charge on any atom is 0.412 e. The second kappa shape index (κ2) is 6.67. The van der Waals surface area contributed by atoms with E-state index in [2.05, 4.69) is 34.5 Å². The number of nitrogens with two attached hydrogens (primary N) is 1. The van der Waals surface area contributed by atoms with Crippen LogP contribution in [0.2, 0.25) is 0 Å². The van der Waals surface area contributed by atoms with Crippen molar-refractivity contribution in [2.24, 2.45) is 5.92 Å². The fraction of sp³-hybridized carbons (Fsp3) is 0.350. The van der Waals surface area contributed by atoms with Gasteiger partial charge in [0.25, 0.3) is 0 Å². The fourth-order valence-corrected chi connectivity index (χ4v) is 4.21. The highest BCUT2D eigenvalue weighted by atomic mass is 16.6. The number of carbonyl (C=O) groups excluding carboxylic acids is 1. The minimum Gasteiger partial charge on any atom is -0.410 e. The van der Waals surface area contributed by atoms with Crippen LogP contribution in [0.3, 0.4) is 0 Å². The summed E-state index contributed by atoms with van der Waals surface area (Å²) in [6.07, 6.45) is 2.94. The number of para-hydroxylation sites is 1. The largest absolute Gasteiger partial charge is 0.412 e. The number of nitrogens with zero attached hydrogens (tertiary/aromatic N) is 1. The highest BCUT2D eigenvalue weighted by molar-refractivity contribution is 5.71. The van der Waals surface area contributed by atoms with Crippen molar-refractivity contribution in [1.29, 1.82) is 0 Å². The van der Waals surface area contributed by atoms with E-state index in [0.29, 0.717) is 23.4 Å². The first-order valence-electron chi connectivity index (χ1n) is 8.86. The molecule has 3 N–H and O–H groups in total. The molecule has 1 amide bonds. The molecule has 1 aliphatic heterocycles. The van der Waals surface area contributed by atoms with Crippen molar-refractivity contribution in [3.8, 4) is 5.75 Å². The zero-order valence-corrected chi connectivity index (χ0v) is 14.1. The van der Waals surface area contributed by atoms with Crippen molar-refractivity contribution in [1.82, 2.24) is 5.32 Å². The molecule has 2 fully saturated rings. The Balaban J connectivity index is 1.43. The summed E-state index contributed by atoms with van der Waals surface area (Å²) in [5.74, 6) is 1.15. The second-order valence-electron chi connectivity index (χ2n) is 6.86. The molecular formula is C20H23N3O2. The quantitative estimate of drug-likeness (QED) is 0.842. The van der Waals surface area contributed by atoms with E-state index in [1.807, 2.05) is 6.07 Å². The van der Waals surface area contributed by atoms with Gasteiger partial charge in [0.1, 0.15) is 5.75 Å². The molecule has 3 atom stereocenters. The zero-order chi connectivity index (χ0) is 17.2. The van der Waals surface area contributed by atoms with Gasteiger partial charge in [0, 0.05) is 17.9 Å². The molecule has 0 bridgehead atoms. The smallest absolute Gasteiger partial charge is 0.410 e. The standard InChI is InChI=1S/C20H23N3O2/c21-15-7-9-17(10-8-15)25-20(24)22-18-11-6-14-12-13-23(19(14)18)16-4-2-1-3-5-16/h1-5,7-10,14,18-19H,6,11-13,21H2,(H,22,24)/t14-,18+,19+/m1/s1. The van der Waals surface area contributed by atoms with E-state index >= 15 is 0 Å². The van der Waals surface area contributed by atoms with E-state index in [9.17, 15) is 4.79 Å². The lowest BCUT2D eigenvalue weighted by Crippen LogP contribution is -2.48. The minimum atomic E-state index is -0.393. The van der Waals surface area contributed by atoms with Crippen molar-refractivity contribution in [3.05, 3.63) is 54.6 Å². The lowest BCUT2D eigenvalue weighted by Gasteiger charge is -2.31. The fourth-order valence-electron chi connectivity index (χ4n) is 4.21. The maximum atomic E-state index is 12.3. The summed E-state index contributed by atoms with van der Waals surface area (Å²) in [7, 11) is 0. The predicted octanol–water partition coefficient (Wildman–Crippen LogP) is 3.41. The first-order chi connectivity index (χ1) is 12.2. The molecule has 5 nitrogen and oxygen atoms in total. The molecule has 2 aromatic rings. The number of nitrogens with one attached hydrogen (secondary N) is 1. The molecule has 0 aromatic heterocycles. The Morgan fingerprint density at radius 3 is 2.56 bits per heavy atom. The van der Waals surface area contributed by atoms with Crippen LogP contribution in [0, 0.1) is 5.92 Å². The van der Waals surface area contributed by atoms with Crippen molar-refractivity contribution in [2.75, 3.05) is 17.2 Å². The summed E-state index contributed by atoms with van der Waals surface area (Å²) in [5.41, 5.74) is 7.54. The van der Waals surface area contributed by atoms with Crippen molar-refractivity contribution >= 4 is 17.5 Å². The Hall–Kier alpha value is -2.69. The Labute approximate surface area is 147 Å². The van der Waals surface area contributed by atoms with Gasteiger partial charge in [-0.15, -0.1) is 0 Å². The van der Waals surface area contributed by atoms with Crippen LogP contribution in [0.1, 0.15) is 19.3 Å². The normalized spacial score (nSPS) is 24.8. The molecule has 0 radical (unpaired) electrons. The van der Waals surface area contributed by atoms with E-state index in [0.717, 1.165) is 19.4 Å². The topological polar surface area (TPSA) is 67.6 Å². The molecule has 1 saturated heterocycles. The average Bonchev–Trinajstić information content (AvgIpc) is 3.21. The number of anilines is 2. The molecule has 5 heteroatoms. The van der Waals surface area contributed by atoms with Gasteiger partial charge in [-0.25, -0.2) is 4.79 Å². The van der Waals surface area contributed by atoms with Crippen molar-refractivity contribution < 1.29 is 9.53 Å². The number of hydrogen-bond acceptors (Lipinski definition) is 4. The Bertz CT molecular complexity index is 732. The number of carbonyl (C=O) groups is 1. The highest BCUT2D eigenvalue weighted by Gasteiger charge is 2.44. The van der Waals surface area contributed by atoms with Gasteiger partial charge in [-0.3, -0.25) is 0 Å². The van der Waals surface area contributed by atoms with E-state index in [4.69, 9.17) is 10.5 Å². The van der Waals surface area contributed by atoms with Gasteiger partial charge in [-0.05, 0) is 61.6 Å². The van der Waals surface area contributed by atoms with Crippen LogP contribution >= 0.6 is 0 Å². The van der Waals surface area contributed by atoms with Gasteiger partial charge in [-0.1, -0.05) is 18.2 Å². The summed E-state index contributed by atoms with van der Waals surface area (Å²) in [6, 6.07) is 17.8. The summed E-state index contributed by atoms with van der Waals surface area (Å²) < 4.78 is 5.40. The first-order valence-corrected chi connectivity index (χ1v) is 8.86. The van der Waals surface area contributed by atoms with Crippen LogP contribution in [0.4, 0.5) is 16.2 Å². The summed E-state index contributed by atoms with van der Waals surface area (Å²) >= 11 is 0. The van der Waals surface area contributed by atoms with Crippen LogP contribution in [0.5, 0.6) is 5.75 Å². The van der Waals surface area contributed by atoms with Crippen LogP contribution < -0.4 is 20.7 Å². The monoisotopic (exact) mass is 337 g/mol. The van der Waals surface area contributed by atoms with E-state index < -0.39 is 6.09 Å². The third-order valence-electron chi connectivity index (χ3n) is 5.33. The minimum absolute atomic E-state index is 0.119. The Morgan fingerprint density at radius 2 is 1.80 bits per heavy atom. The van der Waals surface area contributed by atoms with E-state index in [1.54, 1.807) is 24.3 Å². The van der Waals surface area contributed by atoms with Gasteiger partial charge in [0.15, 0.2) is 0 Å². The van der Waals surface area contributed by atoms with Crippen LogP contribution in [-0.2, 0) is 0 Å². The summed E-state index contributed by atoms with van der Waals surface area (Å²) in [6.45, 7) is 1.05. The number of fused-ring (bicyclic) bond motifs is 1. The van der Waals surface area contributed by atoms with Crippen molar-refractivity contribution in [3.63, 3.8) is 0 Å². The Morgan fingerprint density at radius 1 is 1.04 bits per heavy atom. The SMILES string of the molecule is Nc1ccc(OC(=O)N[C@H]2CC[C@@H]3CCN(c4ccccc4)[C@@H]32)cc1. The maximum absolute atomic E-state index is 12.3. The lowest BCUT2D eigenvalue weighted by atomic mass is 10.0. The van der Waals surface area contributed by atoms with Gasteiger partial charge < -0.3 is 20.7 Å². The molecule has 1 aliphatic carbocycles. The van der Waals surface area contributed by atoms with Crippen LogP contribution in [0.25, 0.3) is 0 Å². The summed E-state index contributed by atoms with van der Waals surface area (Å²) in [4.78, 5) is 14.7. The molecule has 25 heavy (non-hydrogen) atoms. The summed E-state index contributed by atoms with van der Waals surface area (Å²) in [5, 5.41) is 3.08. The van der Waals surface area contributed by atoms with Crippen molar-refractivity contribution in [2.45, 2.75) is 31.3 Å². The van der Waals surface area contributed by atoms with Gasteiger partial charge in [0.2, 0.25) is 0 Å².